The fourth-order valence-electron chi connectivity index (χ4n) is 1.25. The van der Waals surface area contributed by atoms with Crippen molar-refractivity contribution < 1.29 is 4.39 Å². The molecule has 0 N–H and O–H groups in total. The van der Waals surface area contributed by atoms with Gasteiger partial charge in [-0.15, -0.1) is 0 Å². The summed E-state index contributed by atoms with van der Waals surface area (Å²) in [7, 11) is 0. The third kappa shape index (κ3) is 1.30. The lowest BCUT2D eigenvalue weighted by Crippen LogP contribution is -1.88. The second-order valence-corrected chi connectivity index (χ2v) is 3.12. The summed E-state index contributed by atoms with van der Waals surface area (Å²) in [6, 6.07) is 7.58. The summed E-state index contributed by atoms with van der Waals surface area (Å²) in [5, 5.41) is 9.32. The number of halogens is 2. The second-order valence-electron chi connectivity index (χ2n) is 2.74. The topological polar surface area (TPSA) is 36.7 Å². The fourth-order valence-corrected chi connectivity index (χ4v) is 1.40. The van der Waals surface area contributed by atoms with E-state index in [-0.39, 0.29) is 5.15 Å². The van der Waals surface area contributed by atoms with E-state index in [1.165, 1.54) is 24.3 Å². The van der Waals surface area contributed by atoms with Crippen LogP contribution in [0.25, 0.3) is 10.9 Å². The van der Waals surface area contributed by atoms with Crippen LogP contribution in [0, 0.1) is 17.1 Å². The number of rotatable bonds is 0. The van der Waals surface area contributed by atoms with E-state index < -0.39 is 5.82 Å². The first-order valence-electron chi connectivity index (χ1n) is 3.87. The summed E-state index contributed by atoms with van der Waals surface area (Å²) in [4.78, 5) is 3.91. The van der Waals surface area contributed by atoms with Crippen molar-refractivity contribution in [3.63, 3.8) is 0 Å². The van der Waals surface area contributed by atoms with E-state index >= 15 is 0 Å². The minimum absolute atomic E-state index is 0.250. The van der Waals surface area contributed by atoms with Gasteiger partial charge < -0.3 is 0 Å². The highest BCUT2D eigenvalue weighted by molar-refractivity contribution is 6.29. The number of aromatic nitrogens is 1. The van der Waals surface area contributed by atoms with E-state index in [2.05, 4.69) is 4.98 Å². The number of hydrogen-bond acceptors (Lipinski definition) is 2. The van der Waals surface area contributed by atoms with Crippen molar-refractivity contribution in [1.29, 1.82) is 5.26 Å². The maximum atomic E-state index is 13.2. The summed E-state index contributed by atoms with van der Waals surface area (Å²) in [6.07, 6.45) is 0. The molecule has 0 aliphatic rings. The van der Waals surface area contributed by atoms with E-state index in [9.17, 15) is 4.39 Å². The summed E-state index contributed by atoms with van der Waals surface area (Å²) in [5.41, 5.74) is 0.629. The van der Waals surface area contributed by atoms with Crippen LogP contribution in [0.2, 0.25) is 5.15 Å². The lowest BCUT2D eigenvalue weighted by atomic mass is 10.1. The maximum Gasteiger partial charge on any atom is 0.132 e. The lowest BCUT2D eigenvalue weighted by molar-refractivity contribution is 0.639. The molecule has 0 unspecified atom stereocenters. The SMILES string of the molecule is N#Cc1ccc(F)c2ccc(Cl)nc12. The average molecular weight is 207 g/mol. The number of fused-ring (bicyclic) bond motifs is 1. The van der Waals surface area contributed by atoms with Crippen LogP contribution < -0.4 is 0 Å². The molecule has 0 saturated heterocycles. The van der Waals surface area contributed by atoms with Crippen molar-refractivity contribution in [2.24, 2.45) is 0 Å². The third-order valence-corrected chi connectivity index (χ3v) is 2.10. The van der Waals surface area contributed by atoms with Crippen LogP contribution in [0.1, 0.15) is 5.56 Å². The summed E-state index contributed by atoms with van der Waals surface area (Å²) in [5.74, 6) is -0.400. The fraction of sp³-hybridized carbons (Fsp3) is 0. The zero-order chi connectivity index (χ0) is 10.1. The van der Waals surface area contributed by atoms with Crippen molar-refractivity contribution in [3.8, 4) is 6.07 Å². The highest BCUT2D eigenvalue weighted by atomic mass is 35.5. The van der Waals surface area contributed by atoms with Gasteiger partial charge in [-0.25, -0.2) is 9.37 Å². The van der Waals surface area contributed by atoms with Crippen LogP contribution in [0.15, 0.2) is 24.3 Å². The highest BCUT2D eigenvalue weighted by Crippen LogP contribution is 2.21. The van der Waals surface area contributed by atoms with Gasteiger partial charge in [-0.2, -0.15) is 5.26 Å². The highest BCUT2D eigenvalue weighted by Gasteiger charge is 2.06. The first kappa shape index (κ1) is 8.92. The lowest BCUT2D eigenvalue weighted by Gasteiger charge is -2.00. The molecule has 0 bridgehead atoms. The maximum absolute atomic E-state index is 13.2. The van der Waals surface area contributed by atoms with Crippen molar-refractivity contribution in [1.82, 2.24) is 4.98 Å². The van der Waals surface area contributed by atoms with Crippen molar-refractivity contribution in [3.05, 3.63) is 40.8 Å². The Hall–Kier alpha value is -1.66. The molecule has 2 nitrogen and oxygen atoms in total. The Balaban J connectivity index is 2.94. The zero-order valence-electron chi connectivity index (χ0n) is 6.96. The summed E-state index contributed by atoms with van der Waals surface area (Å²) in [6.45, 7) is 0. The Morgan fingerprint density at radius 1 is 1.29 bits per heavy atom. The number of pyridine rings is 1. The van der Waals surface area contributed by atoms with E-state index in [0.717, 1.165) is 0 Å². The molecule has 0 radical (unpaired) electrons. The number of nitriles is 1. The predicted molar refractivity (Wildman–Crippen MR) is 51.4 cm³/mol. The van der Waals surface area contributed by atoms with Gasteiger partial charge in [0.05, 0.1) is 11.1 Å². The monoisotopic (exact) mass is 206 g/mol. The molecule has 0 amide bonds. The first-order chi connectivity index (χ1) is 6.72. The molecule has 2 rings (SSSR count). The predicted octanol–water partition coefficient (Wildman–Crippen LogP) is 2.90. The van der Waals surface area contributed by atoms with Crippen molar-refractivity contribution >= 4 is 22.5 Å². The van der Waals surface area contributed by atoms with E-state index in [1.807, 2.05) is 6.07 Å². The molecule has 2 aromatic rings. The summed E-state index contributed by atoms with van der Waals surface area (Å²) < 4.78 is 13.2. The average Bonchev–Trinajstić information content (AvgIpc) is 2.18. The Morgan fingerprint density at radius 3 is 2.79 bits per heavy atom. The van der Waals surface area contributed by atoms with Gasteiger partial charge in [0.25, 0.3) is 0 Å². The molecule has 1 heterocycles. The molecule has 1 aromatic heterocycles. The van der Waals surface area contributed by atoms with Gasteiger partial charge in [0, 0.05) is 5.39 Å². The number of benzene rings is 1. The minimum Gasteiger partial charge on any atom is -0.235 e. The first-order valence-corrected chi connectivity index (χ1v) is 4.25. The van der Waals surface area contributed by atoms with Gasteiger partial charge in [-0.05, 0) is 24.3 Å². The Kier molecular flexibility index (Phi) is 2.06. The van der Waals surface area contributed by atoms with E-state index in [4.69, 9.17) is 16.9 Å². The van der Waals surface area contributed by atoms with Crippen molar-refractivity contribution in [2.45, 2.75) is 0 Å². The van der Waals surface area contributed by atoms with Crippen LogP contribution in [0.4, 0.5) is 4.39 Å². The smallest absolute Gasteiger partial charge is 0.132 e. The molecule has 0 fully saturated rings. The van der Waals surface area contributed by atoms with Gasteiger partial charge in [0.15, 0.2) is 0 Å². The molecule has 0 atom stereocenters. The number of hydrogen-bond donors (Lipinski definition) is 0. The standard InChI is InChI=1S/C10H4ClFN2/c11-9-4-2-7-8(12)3-1-6(5-13)10(7)14-9/h1-4H. The molecular weight excluding hydrogens is 203 g/mol. The minimum atomic E-state index is -0.400. The van der Waals surface area contributed by atoms with Gasteiger partial charge >= 0.3 is 0 Å². The van der Waals surface area contributed by atoms with E-state index in [0.29, 0.717) is 16.5 Å². The second kappa shape index (κ2) is 3.24. The molecule has 4 heteroatoms. The van der Waals surface area contributed by atoms with Gasteiger partial charge in [-0.3, -0.25) is 0 Å². The largest absolute Gasteiger partial charge is 0.235 e. The quantitative estimate of drug-likeness (QED) is 0.622. The summed E-state index contributed by atoms with van der Waals surface area (Å²) >= 11 is 5.66. The van der Waals surface area contributed by atoms with Crippen molar-refractivity contribution in [2.75, 3.05) is 0 Å². The molecule has 0 spiro atoms. The molecule has 14 heavy (non-hydrogen) atoms. The zero-order valence-corrected chi connectivity index (χ0v) is 7.72. The molecule has 68 valence electrons. The Labute approximate surface area is 84.6 Å². The molecular formula is C10H4ClFN2. The molecule has 0 aliphatic heterocycles. The Morgan fingerprint density at radius 2 is 2.07 bits per heavy atom. The van der Waals surface area contributed by atoms with Crippen LogP contribution in [0.5, 0.6) is 0 Å². The Bertz CT molecular complexity index is 546. The van der Waals surface area contributed by atoms with Gasteiger partial charge in [0.1, 0.15) is 17.0 Å². The number of nitrogens with zero attached hydrogens (tertiary/aromatic N) is 2. The van der Waals surface area contributed by atoms with Crippen LogP contribution in [-0.4, -0.2) is 4.98 Å². The van der Waals surface area contributed by atoms with Gasteiger partial charge in [0.2, 0.25) is 0 Å². The molecule has 0 aliphatic carbocycles. The molecule has 1 aromatic carbocycles. The van der Waals surface area contributed by atoms with Crippen LogP contribution in [0.3, 0.4) is 0 Å². The third-order valence-electron chi connectivity index (χ3n) is 1.89. The van der Waals surface area contributed by atoms with Crippen LogP contribution >= 0.6 is 11.6 Å². The van der Waals surface area contributed by atoms with Gasteiger partial charge in [-0.1, -0.05) is 11.6 Å². The van der Waals surface area contributed by atoms with Crippen LogP contribution in [-0.2, 0) is 0 Å². The normalized spacial score (nSPS) is 10.1. The van der Waals surface area contributed by atoms with E-state index in [1.54, 1.807) is 0 Å². The molecule has 0 saturated carbocycles.